The molecular weight excluding hydrogens is 275 g/mol. The van der Waals surface area contributed by atoms with E-state index in [1.807, 2.05) is 0 Å². The number of furan rings is 1. The smallest absolute Gasteiger partial charge is 0.169 e. The number of hydrogen-bond donors (Lipinski definition) is 2. The van der Waals surface area contributed by atoms with Crippen LogP contribution >= 0.6 is 15.9 Å². The Morgan fingerprint density at radius 2 is 2.00 bits per heavy atom. The molecule has 0 spiro atoms. The van der Waals surface area contributed by atoms with Gasteiger partial charge in [0.2, 0.25) is 0 Å². The summed E-state index contributed by atoms with van der Waals surface area (Å²) >= 11 is 3.19. The molecule has 1 heterocycles. The van der Waals surface area contributed by atoms with Gasteiger partial charge in [0.05, 0.1) is 0 Å². The van der Waals surface area contributed by atoms with Crippen LogP contribution in [0.1, 0.15) is 17.4 Å². The molecule has 2 rings (SSSR count). The second-order valence-electron chi connectivity index (χ2n) is 3.26. The third kappa shape index (κ3) is 2.16. The monoisotopic (exact) mass is 284 g/mol. The number of benzene rings is 1. The summed E-state index contributed by atoms with van der Waals surface area (Å²) in [5.41, 5.74) is 2.99. The SMILES string of the molecule is NNC(c1ccc(Br)o1)c1ccccc1F. The van der Waals surface area contributed by atoms with Crippen LogP contribution in [0.15, 0.2) is 45.5 Å². The van der Waals surface area contributed by atoms with Crippen molar-refractivity contribution in [2.24, 2.45) is 5.84 Å². The quantitative estimate of drug-likeness (QED) is 0.673. The molecule has 0 bridgehead atoms. The Kier molecular flexibility index (Phi) is 3.38. The highest BCUT2D eigenvalue weighted by Crippen LogP contribution is 2.26. The Morgan fingerprint density at radius 1 is 1.25 bits per heavy atom. The molecule has 0 aliphatic rings. The number of nitrogens with one attached hydrogen (secondary N) is 1. The molecule has 1 aromatic carbocycles. The second kappa shape index (κ2) is 4.78. The highest BCUT2D eigenvalue weighted by atomic mass is 79.9. The van der Waals surface area contributed by atoms with Crippen LogP contribution in [-0.4, -0.2) is 0 Å². The molecule has 0 saturated carbocycles. The highest BCUT2D eigenvalue weighted by molar-refractivity contribution is 9.10. The first-order valence-corrected chi connectivity index (χ1v) is 5.47. The minimum atomic E-state index is -0.493. The van der Waals surface area contributed by atoms with E-state index in [0.29, 0.717) is 16.0 Å². The van der Waals surface area contributed by atoms with Crippen LogP contribution < -0.4 is 11.3 Å². The number of rotatable bonds is 3. The maximum atomic E-state index is 13.6. The summed E-state index contributed by atoms with van der Waals surface area (Å²) < 4.78 is 19.5. The van der Waals surface area contributed by atoms with E-state index in [1.165, 1.54) is 6.07 Å². The van der Waals surface area contributed by atoms with E-state index in [2.05, 4.69) is 21.4 Å². The Hall–Kier alpha value is -1.17. The molecule has 1 atom stereocenters. The van der Waals surface area contributed by atoms with Crippen molar-refractivity contribution in [1.82, 2.24) is 5.43 Å². The number of hydrazine groups is 1. The fourth-order valence-corrected chi connectivity index (χ4v) is 1.84. The third-order valence-electron chi connectivity index (χ3n) is 2.26. The summed E-state index contributed by atoms with van der Waals surface area (Å²) in [4.78, 5) is 0. The van der Waals surface area contributed by atoms with Gasteiger partial charge in [0.25, 0.3) is 0 Å². The first-order chi connectivity index (χ1) is 7.72. The first-order valence-electron chi connectivity index (χ1n) is 4.68. The zero-order chi connectivity index (χ0) is 11.5. The van der Waals surface area contributed by atoms with E-state index in [9.17, 15) is 4.39 Å². The van der Waals surface area contributed by atoms with Gasteiger partial charge in [0.1, 0.15) is 17.6 Å². The second-order valence-corrected chi connectivity index (χ2v) is 4.04. The molecular formula is C11H10BrFN2O. The van der Waals surface area contributed by atoms with Crippen LogP contribution in [-0.2, 0) is 0 Å². The molecule has 0 aliphatic carbocycles. The molecule has 3 N–H and O–H groups in total. The minimum Gasteiger partial charge on any atom is -0.452 e. The fraction of sp³-hybridized carbons (Fsp3) is 0.0909. The van der Waals surface area contributed by atoms with Crippen LogP contribution in [0.4, 0.5) is 4.39 Å². The van der Waals surface area contributed by atoms with Gasteiger partial charge in [-0.3, -0.25) is 5.84 Å². The maximum absolute atomic E-state index is 13.6. The van der Waals surface area contributed by atoms with Gasteiger partial charge in [-0.25, -0.2) is 9.82 Å². The summed E-state index contributed by atoms with van der Waals surface area (Å²) in [5, 5.41) is 0. The molecule has 0 radical (unpaired) electrons. The van der Waals surface area contributed by atoms with Crippen LogP contribution in [0.3, 0.4) is 0 Å². The number of nitrogens with two attached hydrogens (primary N) is 1. The molecule has 1 unspecified atom stereocenters. The zero-order valence-corrected chi connectivity index (χ0v) is 9.87. The molecule has 0 aliphatic heterocycles. The summed E-state index contributed by atoms with van der Waals surface area (Å²) in [7, 11) is 0. The van der Waals surface area contributed by atoms with Gasteiger partial charge in [-0.1, -0.05) is 18.2 Å². The Morgan fingerprint density at radius 3 is 2.56 bits per heavy atom. The molecule has 0 amide bonds. The van der Waals surface area contributed by atoms with E-state index in [1.54, 1.807) is 30.3 Å². The van der Waals surface area contributed by atoms with Crippen LogP contribution in [0.5, 0.6) is 0 Å². The van der Waals surface area contributed by atoms with Crippen LogP contribution in [0.25, 0.3) is 0 Å². The van der Waals surface area contributed by atoms with E-state index in [0.717, 1.165) is 0 Å². The summed E-state index contributed by atoms with van der Waals surface area (Å²) in [5.74, 6) is 5.66. The molecule has 0 saturated heterocycles. The first kappa shape index (κ1) is 11.3. The van der Waals surface area contributed by atoms with Crippen molar-refractivity contribution in [2.45, 2.75) is 6.04 Å². The largest absolute Gasteiger partial charge is 0.452 e. The third-order valence-corrected chi connectivity index (χ3v) is 2.69. The van der Waals surface area contributed by atoms with Gasteiger partial charge in [0, 0.05) is 5.56 Å². The molecule has 2 aromatic rings. The van der Waals surface area contributed by atoms with Crippen molar-refractivity contribution in [1.29, 1.82) is 0 Å². The van der Waals surface area contributed by atoms with E-state index >= 15 is 0 Å². The van der Waals surface area contributed by atoms with E-state index in [4.69, 9.17) is 10.3 Å². The predicted octanol–water partition coefficient (Wildman–Crippen LogP) is 2.73. The van der Waals surface area contributed by atoms with Crippen molar-refractivity contribution < 1.29 is 8.81 Å². The maximum Gasteiger partial charge on any atom is 0.169 e. The lowest BCUT2D eigenvalue weighted by Gasteiger charge is -2.14. The average molecular weight is 285 g/mol. The lowest BCUT2D eigenvalue weighted by molar-refractivity contribution is 0.428. The molecule has 0 fully saturated rings. The Balaban J connectivity index is 2.40. The predicted molar refractivity (Wildman–Crippen MR) is 62.0 cm³/mol. The van der Waals surface area contributed by atoms with Crippen LogP contribution in [0.2, 0.25) is 0 Å². The standard InChI is InChI=1S/C11H10BrFN2O/c12-10-6-5-9(16-10)11(15-14)7-3-1-2-4-8(7)13/h1-6,11,15H,14H2. The van der Waals surface area contributed by atoms with Crippen LogP contribution in [0, 0.1) is 5.82 Å². The lowest BCUT2D eigenvalue weighted by atomic mass is 10.0. The van der Waals surface area contributed by atoms with Gasteiger partial charge in [-0.05, 0) is 34.1 Å². The Labute approximate surface area is 101 Å². The van der Waals surface area contributed by atoms with Gasteiger partial charge in [0.15, 0.2) is 4.67 Å². The van der Waals surface area contributed by atoms with E-state index in [-0.39, 0.29) is 5.82 Å². The van der Waals surface area contributed by atoms with Crippen molar-refractivity contribution in [3.05, 3.63) is 58.2 Å². The summed E-state index contributed by atoms with van der Waals surface area (Å²) in [6.45, 7) is 0. The van der Waals surface area contributed by atoms with Crippen molar-refractivity contribution in [3.63, 3.8) is 0 Å². The van der Waals surface area contributed by atoms with Gasteiger partial charge >= 0.3 is 0 Å². The van der Waals surface area contributed by atoms with Gasteiger partial charge in [-0.2, -0.15) is 0 Å². The molecule has 3 nitrogen and oxygen atoms in total. The topological polar surface area (TPSA) is 51.2 Å². The number of hydrogen-bond acceptors (Lipinski definition) is 3. The fourth-order valence-electron chi connectivity index (χ4n) is 1.52. The zero-order valence-electron chi connectivity index (χ0n) is 8.28. The summed E-state index contributed by atoms with van der Waals surface area (Å²) in [6.07, 6.45) is 0. The molecule has 16 heavy (non-hydrogen) atoms. The number of halogens is 2. The molecule has 84 valence electrons. The van der Waals surface area contributed by atoms with Gasteiger partial charge < -0.3 is 4.42 Å². The average Bonchev–Trinajstić information content (AvgIpc) is 2.69. The van der Waals surface area contributed by atoms with Crippen molar-refractivity contribution >= 4 is 15.9 Å². The van der Waals surface area contributed by atoms with Crippen molar-refractivity contribution in [3.8, 4) is 0 Å². The molecule has 1 aromatic heterocycles. The lowest BCUT2D eigenvalue weighted by Crippen LogP contribution is -2.29. The Bertz CT molecular complexity index is 486. The summed E-state index contributed by atoms with van der Waals surface area (Å²) in [6, 6.07) is 9.41. The van der Waals surface area contributed by atoms with Gasteiger partial charge in [-0.15, -0.1) is 0 Å². The van der Waals surface area contributed by atoms with Crippen molar-refractivity contribution in [2.75, 3.05) is 0 Å². The minimum absolute atomic E-state index is 0.321. The molecule has 5 heteroatoms. The normalized spacial score (nSPS) is 12.7. The highest BCUT2D eigenvalue weighted by Gasteiger charge is 2.19. The van der Waals surface area contributed by atoms with E-state index < -0.39 is 6.04 Å².